The van der Waals surface area contributed by atoms with Crippen molar-refractivity contribution in [2.75, 3.05) is 13.2 Å². The fourth-order valence-corrected chi connectivity index (χ4v) is 2.07. The van der Waals surface area contributed by atoms with E-state index in [-0.39, 0.29) is 11.4 Å². The Morgan fingerprint density at radius 3 is 2.69 bits per heavy atom. The SMILES string of the molecule is Cn1cc(S(=O)(=O)NCC(C)(O)CO)cn1. The van der Waals surface area contributed by atoms with Crippen LogP contribution >= 0.6 is 0 Å². The number of aliphatic hydroxyl groups excluding tert-OH is 1. The Morgan fingerprint density at radius 1 is 1.62 bits per heavy atom. The van der Waals surface area contributed by atoms with Crippen molar-refractivity contribution in [2.45, 2.75) is 17.4 Å². The van der Waals surface area contributed by atoms with Crippen LogP contribution in [-0.4, -0.2) is 47.2 Å². The Kier molecular flexibility index (Phi) is 3.68. The zero-order valence-electron chi connectivity index (χ0n) is 9.08. The van der Waals surface area contributed by atoms with E-state index in [1.165, 1.54) is 24.0 Å². The first-order chi connectivity index (χ1) is 7.27. The van der Waals surface area contributed by atoms with Gasteiger partial charge in [-0.15, -0.1) is 0 Å². The van der Waals surface area contributed by atoms with Gasteiger partial charge in [-0.25, -0.2) is 13.1 Å². The van der Waals surface area contributed by atoms with E-state index in [1.807, 2.05) is 0 Å². The molecule has 3 N–H and O–H groups in total. The molecule has 0 radical (unpaired) electrons. The first-order valence-electron chi connectivity index (χ1n) is 4.58. The zero-order valence-corrected chi connectivity index (χ0v) is 9.90. The molecule has 0 saturated carbocycles. The normalized spacial score (nSPS) is 16.0. The van der Waals surface area contributed by atoms with Gasteiger partial charge >= 0.3 is 0 Å². The molecule has 1 atom stereocenters. The van der Waals surface area contributed by atoms with Crippen molar-refractivity contribution in [1.82, 2.24) is 14.5 Å². The van der Waals surface area contributed by atoms with Gasteiger partial charge in [-0.05, 0) is 6.92 Å². The number of sulfonamides is 1. The molecule has 0 aliphatic rings. The minimum Gasteiger partial charge on any atom is -0.393 e. The van der Waals surface area contributed by atoms with Gasteiger partial charge in [0.1, 0.15) is 4.90 Å². The lowest BCUT2D eigenvalue weighted by Gasteiger charge is -2.20. The molecule has 0 aromatic carbocycles. The highest BCUT2D eigenvalue weighted by atomic mass is 32.2. The molecule has 0 fully saturated rings. The van der Waals surface area contributed by atoms with Gasteiger partial charge in [0.05, 0.1) is 18.4 Å². The monoisotopic (exact) mass is 249 g/mol. The minimum atomic E-state index is -3.69. The number of nitrogens with one attached hydrogen (secondary N) is 1. The maximum absolute atomic E-state index is 11.7. The summed E-state index contributed by atoms with van der Waals surface area (Å²) < 4.78 is 26.9. The van der Waals surface area contributed by atoms with Gasteiger partial charge < -0.3 is 10.2 Å². The Hall–Kier alpha value is -0.960. The fourth-order valence-electron chi connectivity index (χ4n) is 0.927. The molecule has 7 nitrogen and oxygen atoms in total. The number of rotatable bonds is 5. The highest BCUT2D eigenvalue weighted by Gasteiger charge is 2.23. The van der Waals surface area contributed by atoms with Crippen LogP contribution in [0.3, 0.4) is 0 Å². The number of hydrogen-bond acceptors (Lipinski definition) is 5. The Bertz CT molecular complexity index is 452. The lowest BCUT2D eigenvalue weighted by molar-refractivity contribution is 0.00681. The number of aliphatic hydroxyl groups is 2. The average molecular weight is 249 g/mol. The summed E-state index contributed by atoms with van der Waals surface area (Å²) in [5, 5.41) is 21.9. The molecule has 1 rings (SSSR count). The smallest absolute Gasteiger partial charge is 0.243 e. The molecule has 0 aliphatic carbocycles. The van der Waals surface area contributed by atoms with E-state index in [1.54, 1.807) is 7.05 Å². The van der Waals surface area contributed by atoms with Crippen LogP contribution in [0.25, 0.3) is 0 Å². The van der Waals surface area contributed by atoms with Gasteiger partial charge in [-0.1, -0.05) is 0 Å². The zero-order chi connectivity index (χ0) is 12.4. The van der Waals surface area contributed by atoms with E-state index in [0.29, 0.717) is 0 Å². The molecule has 0 saturated heterocycles. The van der Waals surface area contributed by atoms with Gasteiger partial charge in [0, 0.05) is 19.8 Å². The van der Waals surface area contributed by atoms with Crippen molar-refractivity contribution >= 4 is 10.0 Å². The first-order valence-corrected chi connectivity index (χ1v) is 6.07. The summed E-state index contributed by atoms with van der Waals surface area (Å²) >= 11 is 0. The van der Waals surface area contributed by atoms with Gasteiger partial charge in [-0.3, -0.25) is 4.68 Å². The van der Waals surface area contributed by atoms with Crippen molar-refractivity contribution in [2.24, 2.45) is 7.05 Å². The minimum absolute atomic E-state index is 0.0174. The summed E-state index contributed by atoms with van der Waals surface area (Å²) in [6.45, 7) is 0.544. The molecule has 1 heterocycles. The average Bonchev–Trinajstić information content (AvgIpc) is 2.63. The predicted molar refractivity (Wildman–Crippen MR) is 56.1 cm³/mol. The summed E-state index contributed by atoms with van der Waals surface area (Å²) in [5.41, 5.74) is -1.48. The fraction of sp³-hybridized carbons (Fsp3) is 0.625. The molecule has 16 heavy (non-hydrogen) atoms. The molecule has 0 aliphatic heterocycles. The standard InChI is InChI=1S/C8H15N3O4S/c1-8(13,6-12)5-10-16(14,15)7-3-9-11(2)4-7/h3-4,10,12-13H,5-6H2,1-2H3. The van der Waals surface area contributed by atoms with Crippen LogP contribution in [-0.2, 0) is 17.1 Å². The highest BCUT2D eigenvalue weighted by molar-refractivity contribution is 7.89. The van der Waals surface area contributed by atoms with Crippen LogP contribution in [0, 0.1) is 0 Å². The number of aromatic nitrogens is 2. The summed E-state index contributed by atoms with van der Waals surface area (Å²) in [7, 11) is -2.09. The quantitative estimate of drug-likeness (QED) is 0.585. The van der Waals surface area contributed by atoms with Crippen LogP contribution < -0.4 is 4.72 Å². The van der Waals surface area contributed by atoms with Crippen LogP contribution in [0.4, 0.5) is 0 Å². The van der Waals surface area contributed by atoms with E-state index >= 15 is 0 Å². The number of aryl methyl sites for hydroxylation is 1. The van der Waals surface area contributed by atoms with Crippen LogP contribution in [0.1, 0.15) is 6.92 Å². The van der Waals surface area contributed by atoms with Crippen molar-refractivity contribution in [3.63, 3.8) is 0 Å². The number of hydrogen-bond donors (Lipinski definition) is 3. The molecule has 1 aromatic heterocycles. The van der Waals surface area contributed by atoms with Crippen molar-refractivity contribution in [1.29, 1.82) is 0 Å². The molecule has 1 unspecified atom stereocenters. The third-order valence-corrected chi connectivity index (χ3v) is 3.33. The second-order valence-electron chi connectivity index (χ2n) is 3.83. The molecule has 0 bridgehead atoms. The largest absolute Gasteiger partial charge is 0.393 e. The Balaban J connectivity index is 2.74. The van der Waals surface area contributed by atoms with E-state index in [0.717, 1.165) is 0 Å². The van der Waals surface area contributed by atoms with Gasteiger partial charge in [-0.2, -0.15) is 5.10 Å². The van der Waals surface area contributed by atoms with Crippen LogP contribution in [0.5, 0.6) is 0 Å². The van der Waals surface area contributed by atoms with E-state index in [2.05, 4.69) is 9.82 Å². The van der Waals surface area contributed by atoms with Crippen molar-refractivity contribution in [3.05, 3.63) is 12.4 Å². The topological polar surface area (TPSA) is 104 Å². The first kappa shape index (κ1) is 13.1. The lowest BCUT2D eigenvalue weighted by Crippen LogP contribution is -2.43. The summed E-state index contributed by atoms with van der Waals surface area (Å²) in [6, 6.07) is 0. The molecular formula is C8H15N3O4S. The van der Waals surface area contributed by atoms with Gasteiger partial charge in [0.2, 0.25) is 10.0 Å². The summed E-state index contributed by atoms with van der Waals surface area (Å²) in [5.74, 6) is 0. The second kappa shape index (κ2) is 4.50. The van der Waals surface area contributed by atoms with E-state index in [9.17, 15) is 13.5 Å². The number of nitrogens with zero attached hydrogens (tertiary/aromatic N) is 2. The lowest BCUT2D eigenvalue weighted by atomic mass is 10.1. The van der Waals surface area contributed by atoms with E-state index in [4.69, 9.17) is 5.11 Å². The molecule has 92 valence electrons. The second-order valence-corrected chi connectivity index (χ2v) is 5.60. The Morgan fingerprint density at radius 2 is 2.25 bits per heavy atom. The third kappa shape index (κ3) is 3.27. The summed E-state index contributed by atoms with van der Waals surface area (Å²) in [4.78, 5) is 0.0174. The Labute approximate surface area is 93.8 Å². The van der Waals surface area contributed by atoms with Crippen LogP contribution in [0.2, 0.25) is 0 Å². The van der Waals surface area contributed by atoms with Crippen LogP contribution in [0.15, 0.2) is 17.3 Å². The third-order valence-electron chi connectivity index (χ3n) is 1.98. The summed E-state index contributed by atoms with van der Waals surface area (Å²) in [6.07, 6.45) is 2.55. The van der Waals surface area contributed by atoms with Crippen molar-refractivity contribution < 1.29 is 18.6 Å². The van der Waals surface area contributed by atoms with E-state index < -0.39 is 22.2 Å². The molecule has 1 aromatic rings. The molecule has 8 heteroatoms. The van der Waals surface area contributed by atoms with Crippen molar-refractivity contribution in [3.8, 4) is 0 Å². The molecule has 0 spiro atoms. The maximum Gasteiger partial charge on any atom is 0.243 e. The molecule has 0 amide bonds. The highest BCUT2D eigenvalue weighted by Crippen LogP contribution is 2.07. The van der Waals surface area contributed by atoms with Gasteiger partial charge in [0.15, 0.2) is 0 Å². The maximum atomic E-state index is 11.7. The van der Waals surface area contributed by atoms with Gasteiger partial charge in [0.25, 0.3) is 0 Å². The predicted octanol–water partition coefficient (Wildman–Crippen LogP) is -1.56. The molecular weight excluding hydrogens is 234 g/mol.